The maximum atomic E-state index is 5.68. The van der Waals surface area contributed by atoms with E-state index in [4.69, 9.17) is 11.6 Å². The van der Waals surface area contributed by atoms with E-state index in [1.807, 2.05) is 0 Å². The van der Waals surface area contributed by atoms with Crippen LogP contribution >= 0.6 is 11.6 Å². The van der Waals surface area contributed by atoms with Gasteiger partial charge in [0, 0.05) is 23.7 Å². The quantitative estimate of drug-likeness (QED) is 0.598. The first-order valence-corrected chi connectivity index (χ1v) is 3.98. The van der Waals surface area contributed by atoms with Crippen molar-refractivity contribution < 1.29 is 0 Å². The molecule has 0 unspecified atom stereocenters. The van der Waals surface area contributed by atoms with Gasteiger partial charge < -0.3 is 0 Å². The van der Waals surface area contributed by atoms with Crippen molar-refractivity contribution in [2.75, 3.05) is 13.1 Å². The number of likely N-dealkylation sites (tertiary alicyclic amines) is 1. The van der Waals surface area contributed by atoms with Crippen LogP contribution in [0.1, 0.15) is 20.3 Å². The molecule has 0 N–H and O–H groups in total. The summed E-state index contributed by atoms with van der Waals surface area (Å²) in [5, 5.41) is 0.743. The van der Waals surface area contributed by atoms with Crippen LogP contribution in [0.3, 0.4) is 0 Å². The fourth-order valence-corrected chi connectivity index (χ4v) is 1.36. The Bertz CT molecular complexity index is 151. The Morgan fingerprint density at radius 1 is 1.70 bits per heavy atom. The van der Waals surface area contributed by atoms with Crippen LogP contribution < -0.4 is 0 Å². The minimum atomic E-state index is 0.359. The molecule has 1 aliphatic rings. The zero-order valence-electron chi connectivity index (χ0n) is 6.65. The van der Waals surface area contributed by atoms with E-state index in [1.165, 1.54) is 13.0 Å². The molecule has 0 aromatic rings. The van der Waals surface area contributed by atoms with Crippen LogP contribution in [0.4, 0.5) is 0 Å². The Morgan fingerprint density at radius 2 is 2.30 bits per heavy atom. The van der Waals surface area contributed by atoms with Gasteiger partial charge in [0.05, 0.1) is 0 Å². The van der Waals surface area contributed by atoms with Crippen molar-refractivity contribution in [2.45, 2.75) is 25.8 Å². The standard InChI is InChI=1S/C8H14ClN/c1-7(9)6-10-5-4-8(10,2)3/h1,4-6H2,2-3H3. The predicted molar refractivity (Wildman–Crippen MR) is 45.3 cm³/mol. The second-order valence-electron chi connectivity index (χ2n) is 3.50. The summed E-state index contributed by atoms with van der Waals surface area (Å²) in [7, 11) is 0. The molecule has 0 aromatic heterocycles. The second kappa shape index (κ2) is 2.55. The molecule has 0 aliphatic carbocycles. The smallest absolute Gasteiger partial charge is 0.0341 e. The summed E-state index contributed by atoms with van der Waals surface area (Å²) in [5.74, 6) is 0. The summed E-state index contributed by atoms with van der Waals surface area (Å²) < 4.78 is 0. The molecule has 10 heavy (non-hydrogen) atoms. The summed E-state index contributed by atoms with van der Waals surface area (Å²) in [5.41, 5.74) is 0.359. The highest BCUT2D eigenvalue weighted by molar-refractivity contribution is 6.29. The van der Waals surface area contributed by atoms with Crippen LogP contribution in [-0.2, 0) is 0 Å². The monoisotopic (exact) mass is 159 g/mol. The molecule has 0 aromatic carbocycles. The van der Waals surface area contributed by atoms with E-state index in [0.29, 0.717) is 5.54 Å². The zero-order valence-corrected chi connectivity index (χ0v) is 7.41. The Balaban J connectivity index is 2.37. The molecule has 1 aliphatic heterocycles. The maximum absolute atomic E-state index is 5.68. The van der Waals surface area contributed by atoms with Gasteiger partial charge in [0.1, 0.15) is 0 Å². The fourth-order valence-electron chi connectivity index (χ4n) is 1.22. The van der Waals surface area contributed by atoms with Gasteiger partial charge in [-0.25, -0.2) is 0 Å². The molecule has 1 heterocycles. The summed E-state index contributed by atoms with van der Waals surface area (Å²) in [4.78, 5) is 2.34. The summed E-state index contributed by atoms with van der Waals surface area (Å²) in [6.45, 7) is 10.1. The van der Waals surface area contributed by atoms with E-state index in [1.54, 1.807) is 0 Å². The molecule has 0 atom stereocenters. The summed E-state index contributed by atoms with van der Waals surface area (Å²) in [6.07, 6.45) is 1.27. The first kappa shape index (κ1) is 8.09. The van der Waals surface area contributed by atoms with Crippen molar-refractivity contribution in [2.24, 2.45) is 0 Å². The Hall–Kier alpha value is -0.0100. The number of rotatable bonds is 2. The Morgan fingerprint density at radius 3 is 2.40 bits per heavy atom. The van der Waals surface area contributed by atoms with Gasteiger partial charge in [0.2, 0.25) is 0 Å². The van der Waals surface area contributed by atoms with Gasteiger partial charge in [-0.3, -0.25) is 4.90 Å². The molecule has 0 radical (unpaired) electrons. The Labute approximate surface area is 67.7 Å². The van der Waals surface area contributed by atoms with Crippen LogP contribution in [0.25, 0.3) is 0 Å². The van der Waals surface area contributed by atoms with Crippen molar-refractivity contribution in [3.05, 3.63) is 11.6 Å². The van der Waals surface area contributed by atoms with Gasteiger partial charge in [0.15, 0.2) is 0 Å². The van der Waals surface area contributed by atoms with Gasteiger partial charge in [-0.2, -0.15) is 0 Å². The summed E-state index contributed by atoms with van der Waals surface area (Å²) in [6, 6.07) is 0. The average Bonchev–Trinajstić information content (AvgIpc) is 1.81. The fraction of sp³-hybridized carbons (Fsp3) is 0.750. The van der Waals surface area contributed by atoms with E-state index in [9.17, 15) is 0 Å². The molecular weight excluding hydrogens is 146 g/mol. The molecule has 2 heteroatoms. The number of nitrogens with zero attached hydrogens (tertiary/aromatic N) is 1. The summed E-state index contributed by atoms with van der Waals surface area (Å²) >= 11 is 5.68. The highest BCUT2D eigenvalue weighted by atomic mass is 35.5. The Kier molecular flexibility index (Phi) is 2.07. The van der Waals surface area contributed by atoms with Crippen molar-refractivity contribution in [3.8, 4) is 0 Å². The molecule has 0 spiro atoms. The molecule has 58 valence electrons. The van der Waals surface area contributed by atoms with Crippen LogP contribution in [0.15, 0.2) is 11.6 Å². The highest BCUT2D eigenvalue weighted by Crippen LogP contribution is 2.29. The maximum Gasteiger partial charge on any atom is 0.0341 e. The molecule has 0 bridgehead atoms. The van der Waals surface area contributed by atoms with Crippen LogP contribution in [0, 0.1) is 0 Å². The van der Waals surface area contributed by atoms with Gasteiger partial charge in [-0.1, -0.05) is 18.2 Å². The van der Waals surface area contributed by atoms with Crippen molar-refractivity contribution in [3.63, 3.8) is 0 Å². The zero-order chi connectivity index (χ0) is 7.78. The van der Waals surface area contributed by atoms with Crippen molar-refractivity contribution in [1.29, 1.82) is 0 Å². The highest BCUT2D eigenvalue weighted by Gasteiger charge is 2.35. The minimum absolute atomic E-state index is 0.359. The minimum Gasteiger partial charge on any atom is -0.293 e. The van der Waals surface area contributed by atoms with Gasteiger partial charge in [-0.05, 0) is 20.3 Å². The van der Waals surface area contributed by atoms with Crippen LogP contribution in [-0.4, -0.2) is 23.5 Å². The lowest BCUT2D eigenvalue weighted by molar-refractivity contribution is 0.0275. The van der Waals surface area contributed by atoms with E-state index in [2.05, 4.69) is 25.3 Å². The third-order valence-electron chi connectivity index (χ3n) is 2.21. The van der Waals surface area contributed by atoms with E-state index < -0.39 is 0 Å². The third kappa shape index (κ3) is 1.53. The topological polar surface area (TPSA) is 3.24 Å². The number of hydrogen-bond donors (Lipinski definition) is 0. The molecule has 1 rings (SSSR count). The van der Waals surface area contributed by atoms with Crippen molar-refractivity contribution in [1.82, 2.24) is 4.90 Å². The third-order valence-corrected chi connectivity index (χ3v) is 2.33. The lowest BCUT2D eigenvalue weighted by Gasteiger charge is -2.48. The van der Waals surface area contributed by atoms with Crippen LogP contribution in [0.5, 0.6) is 0 Å². The lowest BCUT2D eigenvalue weighted by atomic mass is 9.89. The predicted octanol–water partition coefficient (Wildman–Crippen LogP) is 2.22. The number of halogens is 1. The molecule has 1 nitrogen and oxygen atoms in total. The lowest BCUT2D eigenvalue weighted by Crippen LogP contribution is -2.55. The van der Waals surface area contributed by atoms with E-state index in [-0.39, 0.29) is 0 Å². The average molecular weight is 160 g/mol. The first-order chi connectivity index (χ1) is 4.52. The molecule has 0 amide bonds. The van der Waals surface area contributed by atoms with Gasteiger partial charge in [0.25, 0.3) is 0 Å². The first-order valence-electron chi connectivity index (χ1n) is 3.61. The molecular formula is C8H14ClN. The second-order valence-corrected chi connectivity index (χ2v) is 4.04. The molecule has 1 fully saturated rings. The molecule has 1 saturated heterocycles. The number of hydrogen-bond acceptors (Lipinski definition) is 1. The normalized spacial score (nSPS) is 23.9. The largest absolute Gasteiger partial charge is 0.293 e. The van der Waals surface area contributed by atoms with Gasteiger partial charge in [-0.15, -0.1) is 0 Å². The molecule has 0 saturated carbocycles. The van der Waals surface area contributed by atoms with Crippen molar-refractivity contribution >= 4 is 11.6 Å². The van der Waals surface area contributed by atoms with Gasteiger partial charge >= 0.3 is 0 Å². The van der Waals surface area contributed by atoms with E-state index in [0.717, 1.165) is 11.6 Å². The van der Waals surface area contributed by atoms with Crippen LogP contribution in [0.2, 0.25) is 0 Å². The van der Waals surface area contributed by atoms with E-state index >= 15 is 0 Å². The SMILES string of the molecule is C=C(Cl)CN1CCC1(C)C.